The van der Waals surface area contributed by atoms with Crippen LogP contribution in [-0.4, -0.2) is 42.9 Å². The van der Waals surface area contributed by atoms with Crippen LogP contribution in [0.5, 0.6) is 0 Å². The van der Waals surface area contributed by atoms with Gasteiger partial charge in [-0.15, -0.1) is 11.6 Å². The Hall–Kier alpha value is -0.770. The molecule has 0 unspecified atom stereocenters. The molecule has 0 fully saturated rings. The Labute approximate surface area is 76.4 Å². The molecule has 0 aromatic heterocycles. The standard InChI is InChI=1S/C7H12ClNO3/c1-3-12-7(11)5-9(2)6(10)4-8/h3-5H2,1-2H3. The Morgan fingerprint density at radius 1 is 1.50 bits per heavy atom. The summed E-state index contributed by atoms with van der Waals surface area (Å²) in [4.78, 5) is 22.9. The van der Waals surface area contributed by atoms with Crippen molar-refractivity contribution in [1.29, 1.82) is 0 Å². The maximum Gasteiger partial charge on any atom is 0.325 e. The lowest BCUT2D eigenvalue weighted by atomic mass is 10.5. The lowest BCUT2D eigenvalue weighted by molar-refractivity contribution is -0.147. The van der Waals surface area contributed by atoms with Crippen LogP contribution in [0.15, 0.2) is 0 Å². The summed E-state index contributed by atoms with van der Waals surface area (Å²) < 4.78 is 4.63. The first kappa shape index (κ1) is 11.2. The lowest BCUT2D eigenvalue weighted by Gasteiger charge is -2.13. The second-order valence-corrected chi connectivity index (χ2v) is 2.46. The van der Waals surface area contributed by atoms with Crippen LogP contribution in [0.4, 0.5) is 0 Å². The van der Waals surface area contributed by atoms with Crippen LogP contribution in [0.3, 0.4) is 0 Å². The lowest BCUT2D eigenvalue weighted by Crippen LogP contribution is -2.33. The highest BCUT2D eigenvalue weighted by molar-refractivity contribution is 6.27. The fourth-order valence-electron chi connectivity index (χ4n) is 0.590. The van der Waals surface area contributed by atoms with E-state index >= 15 is 0 Å². The van der Waals surface area contributed by atoms with E-state index in [-0.39, 0.29) is 18.3 Å². The molecular formula is C7H12ClNO3. The number of hydrogen-bond acceptors (Lipinski definition) is 3. The van der Waals surface area contributed by atoms with Gasteiger partial charge >= 0.3 is 5.97 Å². The predicted octanol–water partition coefficient (Wildman–Crippen LogP) is 0.247. The molecule has 70 valence electrons. The topological polar surface area (TPSA) is 46.6 Å². The average Bonchev–Trinajstić information content (AvgIpc) is 2.03. The molecule has 5 heteroatoms. The molecular weight excluding hydrogens is 182 g/mol. The summed E-state index contributed by atoms with van der Waals surface area (Å²) in [5.41, 5.74) is 0. The Morgan fingerprint density at radius 3 is 2.50 bits per heavy atom. The molecule has 0 aromatic carbocycles. The van der Waals surface area contributed by atoms with Crippen molar-refractivity contribution >= 4 is 23.5 Å². The maximum absolute atomic E-state index is 10.8. The number of carbonyl (C=O) groups is 2. The van der Waals surface area contributed by atoms with Crippen LogP contribution in [0.1, 0.15) is 6.92 Å². The monoisotopic (exact) mass is 193 g/mol. The van der Waals surface area contributed by atoms with Gasteiger partial charge in [-0.1, -0.05) is 0 Å². The molecule has 0 spiro atoms. The molecule has 0 aliphatic heterocycles. The molecule has 0 aliphatic rings. The van der Waals surface area contributed by atoms with Gasteiger partial charge in [0, 0.05) is 7.05 Å². The zero-order chi connectivity index (χ0) is 9.56. The molecule has 0 saturated carbocycles. The van der Waals surface area contributed by atoms with Gasteiger partial charge in [0.05, 0.1) is 6.61 Å². The third-order valence-corrected chi connectivity index (χ3v) is 1.44. The zero-order valence-corrected chi connectivity index (χ0v) is 7.93. The molecule has 0 aromatic rings. The molecule has 1 amide bonds. The number of rotatable bonds is 4. The molecule has 0 radical (unpaired) electrons. The van der Waals surface area contributed by atoms with E-state index in [2.05, 4.69) is 4.74 Å². The number of nitrogens with zero attached hydrogens (tertiary/aromatic N) is 1. The number of esters is 1. The zero-order valence-electron chi connectivity index (χ0n) is 7.17. The van der Waals surface area contributed by atoms with Gasteiger partial charge in [-0.05, 0) is 6.92 Å². The molecule has 0 aliphatic carbocycles. The first-order valence-electron chi connectivity index (χ1n) is 3.57. The van der Waals surface area contributed by atoms with Crippen molar-refractivity contribution in [2.24, 2.45) is 0 Å². The van der Waals surface area contributed by atoms with Crippen LogP contribution < -0.4 is 0 Å². The molecule has 0 N–H and O–H groups in total. The van der Waals surface area contributed by atoms with Gasteiger partial charge in [0.25, 0.3) is 0 Å². The number of amides is 1. The summed E-state index contributed by atoms with van der Waals surface area (Å²) in [6, 6.07) is 0. The Morgan fingerprint density at radius 2 is 2.08 bits per heavy atom. The van der Waals surface area contributed by atoms with Crippen molar-refractivity contribution in [2.45, 2.75) is 6.92 Å². The number of alkyl halides is 1. The van der Waals surface area contributed by atoms with Gasteiger partial charge in [-0.25, -0.2) is 0 Å². The van der Waals surface area contributed by atoms with Crippen LogP contribution >= 0.6 is 11.6 Å². The van der Waals surface area contributed by atoms with Crippen LogP contribution in [0.25, 0.3) is 0 Å². The third-order valence-electron chi connectivity index (χ3n) is 1.21. The van der Waals surface area contributed by atoms with E-state index in [1.54, 1.807) is 6.92 Å². The van der Waals surface area contributed by atoms with E-state index in [1.807, 2.05) is 0 Å². The second kappa shape index (κ2) is 5.83. The minimum atomic E-state index is -0.418. The summed E-state index contributed by atoms with van der Waals surface area (Å²) in [6.45, 7) is 1.99. The highest BCUT2D eigenvalue weighted by atomic mass is 35.5. The van der Waals surface area contributed by atoms with Crippen molar-refractivity contribution in [1.82, 2.24) is 4.90 Å². The minimum Gasteiger partial charge on any atom is -0.465 e. The summed E-state index contributed by atoms with van der Waals surface area (Å²) in [6.07, 6.45) is 0. The summed E-state index contributed by atoms with van der Waals surface area (Å²) >= 11 is 5.26. The minimum absolute atomic E-state index is 0.0423. The largest absolute Gasteiger partial charge is 0.465 e. The van der Waals surface area contributed by atoms with Crippen LogP contribution in [-0.2, 0) is 14.3 Å². The van der Waals surface area contributed by atoms with E-state index < -0.39 is 5.97 Å². The average molecular weight is 194 g/mol. The van der Waals surface area contributed by atoms with Gasteiger partial charge in [0.15, 0.2) is 0 Å². The fraction of sp³-hybridized carbons (Fsp3) is 0.714. The molecule has 0 saturated heterocycles. The first-order chi connectivity index (χ1) is 5.61. The van der Waals surface area contributed by atoms with Crippen molar-refractivity contribution < 1.29 is 14.3 Å². The summed E-state index contributed by atoms with van der Waals surface area (Å²) in [5, 5.41) is 0. The van der Waals surface area contributed by atoms with E-state index in [0.717, 1.165) is 0 Å². The molecule has 0 bridgehead atoms. The van der Waals surface area contributed by atoms with Crippen molar-refractivity contribution in [2.75, 3.05) is 26.1 Å². The van der Waals surface area contributed by atoms with Crippen molar-refractivity contribution in [3.8, 4) is 0 Å². The highest BCUT2D eigenvalue weighted by Gasteiger charge is 2.11. The van der Waals surface area contributed by atoms with E-state index in [4.69, 9.17) is 11.6 Å². The smallest absolute Gasteiger partial charge is 0.325 e. The third kappa shape index (κ3) is 4.18. The van der Waals surface area contributed by atoms with E-state index in [9.17, 15) is 9.59 Å². The van der Waals surface area contributed by atoms with Gasteiger partial charge < -0.3 is 9.64 Å². The Balaban J connectivity index is 3.75. The maximum atomic E-state index is 10.8. The normalized spacial score (nSPS) is 9.25. The van der Waals surface area contributed by atoms with Gasteiger partial charge in [0.1, 0.15) is 12.4 Å². The fourth-order valence-corrected chi connectivity index (χ4v) is 0.795. The molecule has 4 nitrogen and oxygen atoms in total. The Bertz CT molecular complexity index is 172. The molecule has 0 heterocycles. The van der Waals surface area contributed by atoms with Crippen LogP contribution in [0, 0.1) is 0 Å². The summed E-state index contributed by atoms with van der Waals surface area (Å²) in [7, 11) is 1.50. The van der Waals surface area contributed by atoms with E-state index in [0.29, 0.717) is 6.61 Å². The van der Waals surface area contributed by atoms with Crippen LogP contribution in [0.2, 0.25) is 0 Å². The van der Waals surface area contributed by atoms with Crippen molar-refractivity contribution in [3.05, 3.63) is 0 Å². The van der Waals surface area contributed by atoms with Gasteiger partial charge in [-0.3, -0.25) is 9.59 Å². The highest BCUT2D eigenvalue weighted by Crippen LogP contribution is 1.89. The molecule has 12 heavy (non-hydrogen) atoms. The quantitative estimate of drug-likeness (QED) is 0.475. The number of ether oxygens (including phenoxy) is 1. The number of halogens is 1. The predicted molar refractivity (Wildman–Crippen MR) is 45.0 cm³/mol. The summed E-state index contributed by atoms with van der Waals surface area (Å²) in [5.74, 6) is -0.821. The second-order valence-electron chi connectivity index (χ2n) is 2.19. The number of hydrogen-bond donors (Lipinski definition) is 0. The Kier molecular flexibility index (Phi) is 5.45. The van der Waals surface area contributed by atoms with Gasteiger partial charge in [0.2, 0.25) is 5.91 Å². The SMILES string of the molecule is CCOC(=O)CN(C)C(=O)CCl. The number of carbonyl (C=O) groups excluding carboxylic acids is 2. The van der Waals surface area contributed by atoms with Crippen molar-refractivity contribution in [3.63, 3.8) is 0 Å². The molecule has 0 rings (SSSR count). The van der Waals surface area contributed by atoms with Gasteiger partial charge in [-0.2, -0.15) is 0 Å². The van der Waals surface area contributed by atoms with E-state index in [1.165, 1.54) is 11.9 Å². The number of likely N-dealkylation sites (N-methyl/N-ethyl adjacent to an activating group) is 1. The molecule has 0 atom stereocenters. The first-order valence-corrected chi connectivity index (χ1v) is 4.10.